The van der Waals surface area contributed by atoms with E-state index in [1.54, 1.807) is 67.4 Å². The molecule has 3 aromatic carbocycles. The number of carbonyl (C=O) groups is 2. The number of urea groups is 1. The lowest BCUT2D eigenvalue weighted by Crippen LogP contribution is -2.48. The molecule has 3 aromatic rings. The van der Waals surface area contributed by atoms with Crippen molar-refractivity contribution in [2.24, 2.45) is 5.92 Å². The molecule has 2 heterocycles. The number of carbonyl (C=O) groups excluding carboxylic acids is 2. The van der Waals surface area contributed by atoms with Gasteiger partial charge >= 0.3 is 6.03 Å². The molecule has 0 spiro atoms. The maximum Gasteiger partial charge on any atom is 0.321 e. The molecule has 0 bridgehead atoms. The van der Waals surface area contributed by atoms with Crippen molar-refractivity contribution in [2.75, 3.05) is 50.2 Å². The van der Waals surface area contributed by atoms with Gasteiger partial charge in [-0.3, -0.25) is 9.52 Å². The molecule has 0 saturated heterocycles. The van der Waals surface area contributed by atoms with Gasteiger partial charge in [-0.25, -0.2) is 13.2 Å². The van der Waals surface area contributed by atoms with Gasteiger partial charge in [0.1, 0.15) is 5.75 Å². The SMILES string of the molecule is C[C@@H]1CCCCO[C@@H](CN(C)C(=O)Nc2ccc3c(c2)OCO3)[C@@H](C)CN([C@H](C)CO)C(=O)c2cc(NS(=O)(=O)c3ccccc3)ccc2O1. The molecule has 13 nitrogen and oxygen atoms in total. The molecule has 3 N–H and O–H groups in total. The van der Waals surface area contributed by atoms with Crippen LogP contribution >= 0.6 is 0 Å². The average Bonchev–Trinajstić information content (AvgIpc) is 3.57. The van der Waals surface area contributed by atoms with Gasteiger partial charge in [-0.15, -0.1) is 0 Å². The molecule has 14 heteroatoms. The van der Waals surface area contributed by atoms with Gasteiger partial charge in [-0.05, 0) is 75.6 Å². The predicted octanol–water partition coefficient (Wildman–Crippen LogP) is 5.18. The van der Waals surface area contributed by atoms with Crippen molar-refractivity contribution in [3.05, 3.63) is 72.3 Å². The summed E-state index contributed by atoms with van der Waals surface area (Å²) >= 11 is 0. The number of benzene rings is 3. The summed E-state index contributed by atoms with van der Waals surface area (Å²) in [5, 5.41) is 13.1. The first-order chi connectivity index (χ1) is 23.9. The fraction of sp³-hybridized carbons (Fsp3) is 0.444. The Labute approximate surface area is 293 Å². The number of anilines is 2. The van der Waals surface area contributed by atoms with Crippen molar-refractivity contribution in [3.63, 3.8) is 0 Å². The molecule has 2 aliphatic rings. The Balaban J connectivity index is 1.38. The second kappa shape index (κ2) is 16.5. The van der Waals surface area contributed by atoms with Crippen LogP contribution in [-0.4, -0.2) is 93.7 Å². The minimum atomic E-state index is -3.93. The van der Waals surface area contributed by atoms with Crippen molar-refractivity contribution >= 4 is 33.3 Å². The van der Waals surface area contributed by atoms with Crippen LogP contribution in [0.5, 0.6) is 17.2 Å². The van der Waals surface area contributed by atoms with Crippen molar-refractivity contribution in [1.82, 2.24) is 9.80 Å². The molecular weight excluding hydrogens is 664 g/mol. The minimum Gasteiger partial charge on any atom is -0.490 e. The normalized spacial score (nSPS) is 20.5. The molecule has 0 radical (unpaired) electrons. The molecule has 270 valence electrons. The smallest absolute Gasteiger partial charge is 0.321 e. The number of aliphatic hydroxyl groups excluding tert-OH is 1. The first kappa shape index (κ1) is 36.7. The van der Waals surface area contributed by atoms with Gasteiger partial charge in [-0.1, -0.05) is 25.1 Å². The Kier molecular flexibility index (Phi) is 12.1. The van der Waals surface area contributed by atoms with Crippen LogP contribution < -0.4 is 24.2 Å². The van der Waals surface area contributed by atoms with Crippen LogP contribution in [0.15, 0.2) is 71.6 Å². The number of amides is 3. The minimum absolute atomic E-state index is 0.0845. The maximum atomic E-state index is 14.4. The highest BCUT2D eigenvalue weighted by Crippen LogP contribution is 2.34. The Hall–Kier alpha value is -4.53. The van der Waals surface area contributed by atoms with Crippen LogP contribution in [0.3, 0.4) is 0 Å². The van der Waals surface area contributed by atoms with Crippen molar-refractivity contribution < 1.29 is 42.1 Å². The van der Waals surface area contributed by atoms with Gasteiger partial charge in [-0.2, -0.15) is 0 Å². The van der Waals surface area contributed by atoms with Crippen molar-refractivity contribution in [2.45, 2.75) is 63.2 Å². The number of sulfonamides is 1. The third-order valence-corrected chi connectivity index (χ3v) is 10.2. The Morgan fingerprint density at radius 3 is 2.48 bits per heavy atom. The Bertz CT molecular complexity index is 1740. The zero-order chi connectivity index (χ0) is 35.8. The first-order valence-electron chi connectivity index (χ1n) is 16.8. The van der Waals surface area contributed by atoms with E-state index in [4.69, 9.17) is 18.9 Å². The number of likely N-dealkylation sites (N-methyl/N-ethyl adjacent to an activating group) is 1. The summed E-state index contributed by atoms with van der Waals surface area (Å²) in [4.78, 5) is 30.8. The Morgan fingerprint density at radius 2 is 1.72 bits per heavy atom. The molecule has 3 amide bonds. The zero-order valence-electron chi connectivity index (χ0n) is 28.8. The topological polar surface area (TPSA) is 156 Å². The number of ether oxygens (including phenoxy) is 4. The van der Waals surface area contributed by atoms with E-state index in [2.05, 4.69) is 10.0 Å². The standard InChI is InChI=1S/C36H46N4O9S/c1-24-20-40(25(2)22-41)35(42)30-18-28(38-50(44,45)29-11-6-5-7-12-29)14-15-31(30)49-26(3)10-8-9-17-46-34(24)21-39(4)36(43)37-27-13-16-32-33(19-27)48-23-47-32/h5-7,11-16,18-19,24-26,34,38,41H,8-10,17,20-23H2,1-4H3,(H,37,43)/t24-,25+,26+,34-/m0/s1. The molecule has 4 atom stereocenters. The van der Waals surface area contributed by atoms with Gasteiger partial charge in [0.05, 0.1) is 35.3 Å². The van der Waals surface area contributed by atoms with Crippen LogP contribution in [0.2, 0.25) is 0 Å². The largest absolute Gasteiger partial charge is 0.490 e. The van der Waals surface area contributed by atoms with Crippen LogP contribution in [0.4, 0.5) is 16.2 Å². The second-order valence-corrected chi connectivity index (χ2v) is 14.5. The summed E-state index contributed by atoms with van der Waals surface area (Å²) in [5.41, 5.74) is 0.909. The summed E-state index contributed by atoms with van der Waals surface area (Å²) < 4.78 is 52.3. The highest BCUT2D eigenvalue weighted by molar-refractivity contribution is 7.92. The van der Waals surface area contributed by atoms with Crippen LogP contribution in [0, 0.1) is 5.92 Å². The number of hydrogen-bond acceptors (Lipinski definition) is 9. The predicted molar refractivity (Wildman–Crippen MR) is 188 cm³/mol. The monoisotopic (exact) mass is 710 g/mol. The maximum absolute atomic E-state index is 14.4. The molecule has 0 aliphatic carbocycles. The number of aliphatic hydroxyl groups is 1. The highest BCUT2D eigenvalue weighted by Gasteiger charge is 2.31. The number of nitrogens with one attached hydrogen (secondary N) is 2. The van der Waals surface area contributed by atoms with E-state index >= 15 is 0 Å². The summed E-state index contributed by atoms with van der Waals surface area (Å²) in [6.45, 7) is 6.27. The number of hydrogen-bond donors (Lipinski definition) is 3. The molecule has 50 heavy (non-hydrogen) atoms. The van der Waals surface area contributed by atoms with E-state index in [1.165, 1.54) is 23.1 Å². The lowest BCUT2D eigenvalue weighted by atomic mass is 10.0. The van der Waals surface area contributed by atoms with Gasteiger partial charge in [0.2, 0.25) is 6.79 Å². The van der Waals surface area contributed by atoms with E-state index in [0.717, 1.165) is 12.8 Å². The molecule has 0 aromatic heterocycles. The van der Waals surface area contributed by atoms with Crippen molar-refractivity contribution in [1.29, 1.82) is 0 Å². The molecule has 2 aliphatic heterocycles. The third kappa shape index (κ3) is 9.17. The number of rotatable bonds is 8. The van der Waals surface area contributed by atoms with Crippen LogP contribution in [0.1, 0.15) is 50.4 Å². The van der Waals surface area contributed by atoms with Crippen LogP contribution in [-0.2, 0) is 14.8 Å². The second-order valence-electron chi connectivity index (χ2n) is 12.8. The zero-order valence-corrected chi connectivity index (χ0v) is 29.6. The number of nitrogens with zero attached hydrogens (tertiary/aromatic N) is 2. The highest BCUT2D eigenvalue weighted by atomic mass is 32.2. The third-order valence-electron chi connectivity index (χ3n) is 8.78. The fourth-order valence-corrected chi connectivity index (χ4v) is 6.88. The van der Waals surface area contributed by atoms with E-state index in [-0.39, 0.29) is 60.7 Å². The van der Waals surface area contributed by atoms with E-state index < -0.39 is 28.1 Å². The van der Waals surface area contributed by atoms with Gasteiger partial charge in [0.15, 0.2) is 11.5 Å². The summed E-state index contributed by atoms with van der Waals surface area (Å²) in [6.07, 6.45) is 1.54. The summed E-state index contributed by atoms with van der Waals surface area (Å²) in [6, 6.07) is 16.8. The molecule has 0 fully saturated rings. The Morgan fingerprint density at radius 1 is 1.00 bits per heavy atom. The molecule has 0 unspecified atom stereocenters. The lowest BCUT2D eigenvalue weighted by Gasteiger charge is -2.35. The van der Waals surface area contributed by atoms with Crippen LogP contribution in [0.25, 0.3) is 0 Å². The van der Waals surface area contributed by atoms with Crippen molar-refractivity contribution in [3.8, 4) is 17.2 Å². The van der Waals surface area contributed by atoms with Gasteiger partial charge in [0, 0.05) is 50.1 Å². The van der Waals surface area contributed by atoms with E-state index in [1.807, 2.05) is 13.8 Å². The summed E-state index contributed by atoms with van der Waals surface area (Å²) in [7, 11) is -2.25. The number of fused-ring (bicyclic) bond motifs is 2. The first-order valence-corrected chi connectivity index (χ1v) is 18.3. The van der Waals surface area contributed by atoms with Gasteiger partial charge < -0.3 is 39.2 Å². The quantitative estimate of drug-likeness (QED) is 0.287. The fourth-order valence-electron chi connectivity index (χ4n) is 5.81. The van der Waals surface area contributed by atoms with Gasteiger partial charge in [0.25, 0.3) is 15.9 Å². The molecule has 5 rings (SSSR count). The van der Waals surface area contributed by atoms with E-state index in [9.17, 15) is 23.1 Å². The summed E-state index contributed by atoms with van der Waals surface area (Å²) in [5.74, 6) is 0.768. The molecular formula is C36H46N4O9S. The molecule has 0 saturated carbocycles. The average molecular weight is 711 g/mol. The van der Waals surface area contributed by atoms with E-state index in [0.29, 0.717) is 36.0 Å². The lowest BCUT2D eigenvalue weighted by molar-refractivity contribution is -0.0115.